The standard InChI is InChI=1S/C26H28FN5O3/c1-4-23(33)31-24-17-13-16(6-5-15(17)7-10-22(24)35-3)20-9-8-19(28)25(29-20)26(34)30-21-11-12-32(2)14-18(21)27/h4-10,13,18,21H,1,11-12,14,28H2,2-3H3,(H,30,34)(H,31,33)/t18-,21+/m0/s1. The smallest absolute Gasteiger partial charge is 0.272 e. The third-order valence-electron chi connectivity index (χ3n) is 6.14. The lowest BCUT2D eigenvalue weighted by atomic mass is 10.0. The van der Waals surface area contributed by atoms with E-state index in [9.17, 15) is 14.0 Å². The molecule has 9 heteroatoms. The Morgan fingerprint density at radius 2 is 2.03 bits per heavy atom. The Balaban J connectivity index is 1.69. The number of fused-ring (bicyclic) bond motifs is 1. The first-order valence-electron chi connectivity index (χ1n) is 11.2. The molecule has 2 aromatic carbocycles. The number of rotatable bonds is 6. The summed E-state index contributed by atoms with van der Waals surface area (Å²) in [6.45, 7) is 4.46. The Kier molecular flexibility index (Phi) is 6.97. The molecule has 1 saturated heterocycles. The number of ether oxygens (including phenoxy) is 1. The number of methoxy groups -OCH3 is 1. The molecular weight excluding hydrogens is 449 g/mol. The number of piperidine rings is 1. The van der Waals surface area contributed by atoms with Crippen LogP contribution in [0.4, 0.5) is 15.8 Å². The van der Waals surface area contributed by atoms with Crippen molar-refractivity contribution in [2.24, 2.45) is 0 Å². The van der Waals surface area contributed by atoms with E-state index in [-0.39, 0.29) is 23.8 Å². The van der Waals surface area contributed by atoms with Crippen LogP contribution in [0.2, 0.25) is 0 Å². The Hall–Kier alpha value is -3.98. The molecule has 182 valence electrons. The number of likely N-dealkylation sites (tertiary alicyclic amines) is 1. The average Bonchev–Trinajstić information content (AvgIpc) is 2.85. The lowest BCUT2D eigenvalue weighted by molar-refractivity contribution is -0.111. The molecule has 2 heterocycles. The molecule has 1 aliphatic heterocycles. The van der Waals surface area contributed by atoms with Crippen LogP contribution in [0, 0.1) is 0 Å². The number of nitrogens with one attached hydrogen (secondary N) is 2. The van der Waals surface area contributed by atoms with Gasteiger partial charge in [0.15, 0.2) is 5.69 Å². The molecule has 0 radical (unpaired) electrons. The molecule has 8 nitrogen and oxygen atoms in total. The summed E-state index contributed by atoms with van der Waals surface area (Å²) in [5, 5.41) is 7.15. The lowest BCUT2D eigenvalue weighted by Crippen LogP contribution is -2.51. The summed E-state index contributed by atoms with van der Waals surface area (Å²) >= 11 is 0. The van der Waals surface area contributed by atoms with E-state index in [2.05, 4.69) is 22.2 Å². The first-order valence-corrected chi connectivity index (χ1v) is 11.2. The van der Waals surface area contributed by atoms with Gasteiger partial charge in [0, 0.05) is 24.0 Å². The monoisotopic (exact) mass is 477 g/mol. The third-order valence-corrected chi connectivity index (χ3v) is 6.14. The number of carbonyl (C=O) groups is 2. The van der Waals surface area contributed by atoms with Crippen LogP contribution < -0.4 is 21.1 Å². The van der Waals surface area contributed by atoms with Crippen LogP contribution in [-0.2, 0) is 4.79 Å². The van der Waals surface area contributed by atoms with Gasteiger partial charge in [0.05, 0.1) is 30.2 Å². The van der Waals surface area contributed by atoms with Gasteiger partial charge in [-0.3, -0.25) is 9.59 Å². The number of alkyl halides is 1. The fourth-order valence-electron chi connectivity index (χ4n) is 4.20. The maximum absolute atomic E-state index is 14.4. The summed E-state index contributed by atoms with van der Waals surface area (Å²) in [5.41, 5.74) is 8.02. The molecule has 0 unspecified atom stereocenters. The fourth-order valence-corrected chi connectivity index (χ4v) is 4.20. The number of nitrogens with zero attached hydrogens (tertiary/aromatic N) is 2. The Bertz CT molecular complexity index is 1300. The second-order valence-electron chi connectivity index (χ2n) is 8.55. The van der Waals surface area contributed by atoms with Crippen LogP contribution in [0.3, 0.4) is 0 Å². The summed E-state index contributed by atoms with van der Waals surface area (Å²) < 4.78 is 19.9. The van der Waals surface area contributed by atoms with Crippen molar-refractivity contribution in [1.82, 2.24) is 15.2 Å². The van der Waals surface area contributed by atoms with E-state index >= 15 is 0 Å². The van der Waals surface area contributed by atoms with E-state index in [1.165, 1.54) is 13.2 Å². The zero-order chi connectivity index (χ0) is 25.1. The van der Waals surface area contributed by atoms with Gasteiger partial charge in [0.25, 0.3) is 5.91 Å². The van der Waals surface area contributed by atoms with E-state index in [0.717, 1.165) is 10.8 Å². The van der Waals surface area contributed by atoms with Crippen LogP contribution in [0.1, 0.15) is 16.9 Å². The van der Waals surface area contributed by atoms with Gasteiger partial charge < -0.3 is 26.0 Å². The molecule has 1 aliphatic rings. The van der Waals surface area contributed by atoms with Crippen LogP contribution in [0.25, 0.3) is 22.0 Å². The zero-order valence-electron chi connectivity index (χ0n) is 19.7. The van der Waals surface area contributed by atoms with Gasteiger partial charge in [-0.2, -0.15) is 0 Å². The number of hydrogen-bond acceptors (Lipinski definition) is 6. The van der Waals surface area contributed by atoms with Gasteiger partial charge in [0.2, 0.25) is 5.91 Å². The molecule has 0 aliphatic carbocycles. The molecule has 1 fully saturated rings. The number of anilines is 2. The minimum atomic E-state index is -1.17. The molecule has 0 saturated carbocycles. The summed E-state index contributed by atoms with van der Waals surface area (Å²) in [6, 6.07) is 12.0. The van der Waals surface area contributed by atoms with E-state index in [1.54, 1.807) is 18.2 Å². The summed E-state index contributed by atoms with van der Waals surface area (Å²) in [5.74, 6) is -0.386. The topological polar surface area (TPSA) is 110 Å². The van der Waals surface area contributed by atoms with Crippen LogP contribution in [0.5, 0.6) is 5.75 Å². The molecule has 0 spiro atoms. The van der Waals surface area contributed by atoms with E-state index in [1.807, 2.05) is 36.2 Å². The van der Waals surface area contributed by atoms with Crippen molar-refractivity contribution in [3.05, 3.63) is 60.8 Å². The molecule has 1 aromatic heterocycles. The number of benzene rings is 2. The molecule has 35 heavy (non-hydrogen) atoms. The number of nitrogen functional groups attached to an aromatic ring is 1. The molecule has 3 aromatic rings. The maximum Gasteiger partial charge on any atom is 0.272 e. The number of pyridine rings is 1. The second-order valence-corrected chi connectivity index (χ2v) is 8.55. The van der Waals surface area contributed by atoms with Crippen molar-refractivity contribution in [2.75, 3.05) is 38.3 Å². The van der Waals surface area contributed by atoms with Crippen molar-refractivity contribution in [2.45, 2.75) is 18.6 Å². The second kappa shape index (κ2) is 10.1. The molecule has 2 atom stereocenters. The van der Waals surface area contributed by atoms with Crippen molar-refractivity contribution in [3.63, 3.8) is 0 Å². The van der Waals surface area contributed by atoms with Crippen molar-refractivity contribution in [1.29, 1.82) is 0 Å². The highest BCUT2D eigenvalue weighted by Gasteiger charge is 2.29. The van der Waals surface area contributed by atoms with Crippen LogP contribution in [-0.4, -0.2) is 61.2 Å². The normalized spacial score (nSPS) is 18.1. The fraction of sp³-hybridized carbons (Fsp3) is 0.269. The van der Waals surface area contributed by atoms with Gasteiger partial charge in [-0.1, -0.05) is 24.8 Å². The summed E-state index contributed by atoms with van der Waals surface area (Å²) in [7, 11) is 3.37. The Morgan fingerprint density at radius 1 is 1.26 bits per heavy atom. The van der Waals surface area contributed by atoms with Crippen molar-refractivity contribution < 1.29 is 18.7 Å². The van der Waals surface area contributed by atoms with Gasteiger partial charge in [-0.25, -0.2) is 9.37 Å². The highest BCUT2D eigenvalue weighted by molar-refractivity contribution is 6.08. The van der Waals surface area contributed by atoms with Crippen LogP contribution in [0.15, 0.2) is 55.1 Å². The summed E-state index contributed by atoms with van der Waals surface area (Å²) in [6.07, 6.45) is 0.525. The van der Waals surface area contributed by atoms with Crippen molar-refractivity contribution in [3.8, 4) is 17.0 Å². The van der Waals surface area contributed by atoms with Gasteiger partial charge in [0.1, 0.15) is 11.9 Å². The quantitative estimate of drug-likeness (QED) is 0.470. The minimum Gasteiger partial charge on any atom is -0.495 e. The van der Waals surface area contributed by atoms with E-state index < -0.39 is 18.1 Å². The van der Waals surface area contributed by atoms with Gasteiger partial charge in [-0.05, 0) is 49.2 Å². The van der Waals surface area contributed by atoms with E-state index in [0.29, 0.717) is 35.7 Å². The Labute approximate surface area is 203 Å². The number of amides is 2. The number of nitrogens with two attached hydrogens (primary N) is 1. The molecule has 0 bridgehead atoms. The Morgan fingerprint density at radius 3 is 2.74 bits per heavy atom. The number of carbonyl (C=O) groups excluding carboxylic acids is 2. The molecule has 2 amide bonds. The third kappa shape index (κ3) is 5.09. The molecule has 4 rings (SSSR count). The first-order chi connectivity index (χ1) is 16.8. The highest BCUT2D eigenvalue weighted by Crippen LogP contribution is 2.36. The van der Waals surface area contributed by atoms with Crippen LogP contribution >= 0.6 is 0 Å². The highest BCUT2D eigenvalue weighted by atomic mass is 19.1. The number of halogens is 1. The SMILES string of the molecule is C=CC(=O)Nc1c(OC)ccc2ccc(-c3ccc(N)c(C(=O)N[C@@H]4CCN(C)C[C@@H]4F)n3)cc12. The lowest BCUT2D eigenvalue weighted by Gasteiger charge is -2.32. The van der Waals surface area contributed by atoms with Crippen molar-refractivity contribution >= 4 is 34.0 Å². The number of aromatic nitrogens is 1. The van der Waals surface area contributed by atoms with Gasteiger partial charge >= 0.3 is 0 Å². The first kappa shape index (κ1) is 24.2. The largest absolute Gasteiger partial charge is 0.495 e. The maximum atomic E-state index is 14.4. The number of hydrogen-bond donors (Lipinski definition) is 3. The summed E-state index contributed by atoms with van der Waals surface area (Å²) in [4.78, 5) is 31.4. The average molecular weight is 478 g/mol. The molecular formula is C26H28FN5O3. The minimum absolute atomic E-state index is 0.0413. The molecule has 4 N–H and O–H groups in total. The predicted octanol–water partition coefficient (Wildman–Crippen LogP) is 3.39. The van der Waals surface area contributed by atoms with Gasteiger partial charge in [-0.15, -0.1) is 0 Å². The van der Waals surface area contributed by atoms with E-state index in [4.69, 9.17) is 10.5 Å². The zero-order valence-corrected chi connectivity index (χ0v) is 19.7. The predicted molar refractivity (Wildman–Crippen MR) is 135 cm³/mol.